The molecule has 0 saturated carbocycles. The van der Waals surface area contributed by atoms with Crippen LogP contribution < -0.4 is 20.7 Å². The van der Waals surface area contributed by atoms with Crippen LogP contribution in [0.3, 0.4) is 0 Å². The van der Waals surface area contributed by atoms with Gasteiger partial charge in [0.2, 0.25) is 5.95 Å². The summed E-state index contributed by atoms with van der Waals surface area (Å²) in [4.78, 5) is 30.7. The number of imidazole rings is 1. The molecule has 35 heavy (non-hydrogen) atoms. The summed E-state index contributed by atoms with van der Waals surface area (Å²) in [5.74, 6) is 1.00. The number of urea groups is 1. The van der Waals surface area contributed by atoms with E-state index in [0.717, 1.165) is 6.07 Å². The predicted molar refractivity (Wildman–Crippen MR) is 123 cm³/mol. The molecule has 0 aliphatic heterocycles. The van der Waals surface area contributed by atoms with Gasteiger partial charge in [-0.05, 0) is 36.4 Å². The van der Waals surface area contributed by atoms with Gasteiger partial charge in [0, 0.05) is 17.8 Å². The van der Waals surface area contributed by atoms with Gasteiger partial charge in [-0.1, -0.05) is 18.2 Å². The van der Waals surface area contributed by atoms with E-state index in [1.165, 1.54) is 31.4 Å². The SMILES string of the molecule is COC(=O)Nc1nc2ccc(Oc3cccc(NC(=O)Nc4ccccc4C(F)(F)F)c3)cc2[nH]1. The van der Waals surface area contributed by atoms with Crippen molar-refractivity contribution >= 4 is 40.5 Å². The number of aromatic nitrogens is 2. The zero-order valence-corrected chi connectivity index (χ0v) is 18.1. The Balaban J connectivity index is 1.44. The van der Waals surface area contributed by atoms with Crippen molar-refractivity contribution in [2.45, 2.75) is 6.18 Å². The molecule has 1 aromatic heterocycles. The molecule has 1 heterocycles. The highest BCUT2D eigenvalue weighted by atomic mass is 19.4. The number of para-hydroxylation sites is 1. The van der Waals surface area contributed by atoms with Crippen LogP contribution in [0.5, 0.6) is 11.5 Å². The number of carbonyl (C=O) groups is 2. The largest absolute Gasteiger partial charge is 0.457 e. The molecule has 180 valence electrons. The highest BCUT2D eigenvalue weighted by molar-refractivity contribution is 6.00. The first-order valence-corrected chi connectivity index (χ1v) is 10.1. The average Bonchev–Trinajstić information content (AvgIpc) is 3.20. The monoisotopic (exact) mass is 485 g/mol. The Hall–Kier alpha value is -4.74. The van der Waals surface area contributed by atoms with E-state index in [2.05, 4.69) is 30.7 Å². The fourth-order valence-corrected chi connectivity index (χ4v) is 3.16. The average molecular weight is 485 g/mol. The zero-order valence-electron chi connectivity index (χ0n) is 18.1. The molecule has 0 saturated heterocycles. The Bertz CT molecular complexity index is 1390. The van der Waals surface area contributed by atoms with Gasteiger partial charge in [0.1, 0.15) is 11.5 Å². The van der Waals surface area contributed by atoms with Crippen LogP contribution in [0.15, 0.2) is 66.7 Å². The summed E-state index contributed by atoms with van der Waals surface area (Å²) in [5, 5.41) is 7.13. The molecule has 3 aromatic carbocycles. The number of ether oxygens (including phenoxy) is 2. The van der Waals surface area contributed by atoms with Crippen LogP contribution in [0.4, 0.5) is 40.1 Å². The number of alkyl halides is 3. The number of rotatable bonds is 5. The zero-order chi connectivity index (χ0) is 25.0. The van der Waals surface area contributed by atoms with Crippen molar-refractivity contribution in [3.05, 3.63) is 72.3 Å². The smallest absolute Gasteiger partial charge is 0.418 e. The summed E-state index contributed by atoms with van der Waals surface area (Å²) < 4.78 is 49.8. The standard InChI is InChI=1S/C23H18F3N5O4/c1-34-22(33)31-20-28-18-10-9-15(12-19(18)29-20)35-14-6-4-5-13(11-14)27-21(32)30-17-8-3-2-7-16(17)23(24,25)26/h2-12H,1H3,(H2,27,30,32)(H2,28,29,31,33). The second-order valence-electron chi connectivity index (χ2n) is 7.13. The van der Waals surface area contributed by atoms with Gasteiger partial charge in [-0.3, -0.25) is 5.32 Å². The molecule has 0 aliphatic carbocycles. The molecule has 4 rings (SSSR count). The first-order valence-electron chi connectivity index (χ1n) is 10.1. The second-order valence-corrected chi connectivity index (χ2v) is 7.13. The van der Waals surface area contributed by atoms with E-state index >= 15 is 0 Å². The summed E-state index contributed by atoms with van der Waals surface area (Å²) in [6.45, 7) is 0. The lowest BCUT2D eigenvalue weighted by atomic mass is 10.1. The lowest BCUT2D eigenvalue weighted by Gasteiger charge is -2.14. The number of hydrogen-bond donors (Lipinski definition) is 4. The van der Waals surface area contributed by atoms with Crippen LogP contribution in [0.1, 0.15) is 5.56 Å². The van der Waals surface area contributed by atoms with E-state index in [0.29, 0.717) is 28.2 Å². The minimum Gasteiger partial charge on any atom is -0.457 e. The normalized spacial score (nSPS) is 11.1. The predicted octanol–water partition coefficient (Wildman–Crippen LogP) is 6.20. The second kappa shape index (κ2) is 9.63. The van der Waals surface area contributed by atoms with Crippen molar-refractivity contribution < 1.29 is 32.2 Å². The summed E-state index contributed by atoms with van der Waals surface area (Å²) in [6.07, 6.45) is -5.28. The molecule has 0 spiro atoms. The fraction of sp³-hybridized carbons (Fsp3) is 0.0870. The number of methoxy groups -OCH3 is 1. The lowest BCUT2D eigenvalue weighted by molar-refractivity contribution is -0.136. The Labute approximate surface area is 196 Å². The van der Waals surface area contributed by atoms with Gasteiger partial charge in [-0.25, -0.2) is 14.6 Å². The van der Waals surface area contributed by atoms with Crippen molar-refractivity contribution in [2.24, 2.45) is 0 Å². The number of fused-ring (bicyclic) bond motifs is 1. The van der Waals surface area contributed by atoms with Crippen molar-refractivity contribution in [1.29, 1.82) is 0 Å². The maximum atomic E-state index is 13.1. The van der Waals surface area contributed by atoms with Crippen molar-refractivity contribution in [3.63, 3.8) is 0 Å². The Morgan fingerprint density at radius 3 is 2.46 bits per heavy atom. The maximum absolute atomic E-state index is 13.1. The van der Waals surface area contributed by atoms with E-state index < -0.39 is 23.9 Å². The molecule has 0 atom stereocenters. The quantitative estimate of drug-likeness (QED) is 0.269. The molecule has 0 aliphatic rings. The van der Waals surface area contributed by atoms with Gasteiger partial charge in [0.25, 0.3) is 0 Å². The molecule has 0 unspecified atom stereocenters. The maximum Gasteiger partial charge on any atom is 0.418 e. The first-order chi connectivity index (χ1) is 16.7. The molecule has 0 fully saturated rings. The molecule has 3 amide bonds. The number of amides is 3. The Morgan fingerprint density at radius 2 is 1.69 bits per heavy atom. The van der Waals surface area contributed by atoms with E-state index in [4.69, 9.17) is 4.74 Å². The third-order valence-corrected chi connectivity index (χ3v) is 4.67. The van der Waals surface area contributed by atoms with E-state index in [-0.39, 0.29) is 11.6 Å². The minimum atomic E-state index is -4.61. The number of H-pyrrole nitrogens is 1. The van der Waals surface area contributed by atoms with Crippen LogP contribution in [-0.2, 0) is 10.9 Å². The molecule has 12 heteroatoms. The van der Waals surface area contributed by atoms with Crippen LogP contribution in [0.2, 0.25) is 0 Å². The summed E-state index contributed by atoms with van der Waals surface area (Å²) in [7, 11) is 1.23. The number of anilines is 3. The molecule has 4 N–H and O–H groups in total. The fourth-order valence-electron chi connectivity index (χ4n) is 3.16. The number of benzene rings is 3. The number of carbonyl (C=O) groups excluding carboxylic acids is 2. The van der Waals surface area contributed by atoms with Crippen LogP contribution in [0, 0.1) is 0 Å². The van der Waals surface area contributed by atoms with Crippen LogP contribution in [0.25, 0.3) is 11.0 Å². The van der Waals surface area contributed by atoms with Gasteiger partial charge in [0.15, 0.2) is 0 Å². The van der Waals surface area contributed by atoms with Crippen LogP contribution >= 0.6 is 0 Å². The van der Waals surface area contributed by atoms with Gasteiger partial charge >= 0.3 is 18.3 Å². The van der Waals surface area contributed by atoms with Crippen molar-refractivity contribution in [1.82, 2.24) is 9.97 Å². The number of halogens is 3. The minimum absolute atomic E-state index is 0.202. The molecule has 0 bridgehead atoms. The molecule has 4 aromatic rings. The summed E-state index contributed by atoms with van der Waals surface area (Å²) >= 11 is 0. The van der Waals surface area contributed by atoms with Crippen molar-refractivity contribution in [3.8, 4) is 11.5 Å². The Kier molecular flexibility index (Phi) is 6.44. The molecular formula is C23H18F3N5O4. The highest BCUT2D eigenvalue weighted by Gasteiger charge is 2.33. The summed E-state index contributed by atoms with van der Waals surface area (Å²) in [5.41, 5.74) is 0.155. The highest BCUT2D eigenvalue weighted by Crippen LogP contribution is 2.34. The van der Waals surface area contributed by atoms with Gasteiger partial charge in [-0.15, -0.1) is 0 Å². The summed E-state index contributed by atoms with van der Waals surface area (Å²) in [6, 6.07) is 15.2. The third kappa shape index (κ3) is 5.79. The van der Waals surface area contributed by atoms with Gasteiger partial charge in [0.05, 0.1) is 29.4 Å². The van der Waals surface area contributed by atoms with E-state index in [1.54, 1.807) is 36.4 Å². The topological polar surface area (TPSA) is 117 Å². The number of nitrogens with one attached hydrogen (secondary N) is 4. The van der Waals surface area contributed by atoms with E-state index in [9.17, 15) is 22.8 Å². The number of aromatic amines is 1. The first kappa shape index (κ1) is 23.4. The molecule has 0 radical (unpaired) electrons. The lowest BCUT2D eigenvalue weighted by Crippen LogP contribution is -2.21. The van der Waals surface area contributed by atoms with E-state index in [1.807, 2.05) is 0 Å². The Morgan fingerprint density at radius 1 is 0.914 bits per heavy atom. The van der Waals surface area contributed by atoms with Crippen LogP contribution in [-0.4, -0.2) is 29.2 Å². The molecular weight excluding hydrogens is 467 g/mol. The molecule has 9 nitrogen and oxygen atoms in total. The van der Waals surface area contributed by atoms with Crippen molar-refractivity contribution in [2.75, 3.05) is 23.1 Å². The third-order valence-electron chi connectivity index (χ3n) is 4.67. The van der Waals surface area contributed by atoms with Gasteiger partial charge in [-0.2, -0.15) is 13.2 Å². The number of hydrogen-bond acceptors (Lipinski definition) is 5. The number of nitrogens with zero attached hydrogens (tertiary/aromatic N) is 1. The van der Waals surface area contributed by atoms with Gasteiger partial charge < -0.3 is 25.1 Å².